The Morgan fingerprint density at radius 3 is 2.80 bits per heavy atom. The Balaban J connectivity index is 2.82. The lowest BCUT2D eigenvalue weighted by atomic mass is 10.2. The molecule has 0 N–H and O–H groups in total. The lowest BCUT2D eigenvalue weighted by Crippen LogP contribution is -1.96. The predicted octanol–water partition coefficient (Wildman–Crippen LogP) is 2.33. The first-order chi connectivity index (χ1) is 7.09. The summed E-state index contributed by atoms with van der Waals surface area (Å²) in [6, 6.07) is 3.62. The van der Waals surface area contributed by atoms with Crippen LogP contribution in [0, 0.1) is 15.9 Å². The number of hydrogen-bond donors (Lipinski definition) is 0. The average molecular weight is 228 g/mol. The molecular weight excluding hydrogens is 225 g/mol. The SMILES string of the molecule is O=[N+]([O-])c1nnc2ccc(F)cc2c1Cl. The second kappa shape index (κ2) is 3.39. The van der Waals surface area contributed by atoms with E-state index in [-0.39, 0.29) is 10.4 Å². The van der Waals surface area contributed by atoms with Gasteiger partial charge in [0.15, 0.2) is 5.02 Å². The summed E-state index contributed by atoms with van der Waals surface area (Å²) in [6.07, 6.45) is 0. The predicted molar refractivity (Wildman–Crippen MR) is 51.2 cm³/mol. The van der Waals surface area contributed by atoms with E-state index in [0.717, 1.165) is 6.07 Å². The van der Waals surface area contributed by atoms with Crippen LogP contribution in [0.2, 0.25) is 5.02 Å². The van der Waals surface area contributed by atoms with Crippen LogP contribution in [0.3, 0.4) is 0 Å². The third kappa shape index (κ3) is 1.59. The van der Waals surface area contributed by atoms with E-state index >= 15 is 0 Å². The Morgan fingerprint density at radius 2 is 2.13 bits per heavy atom. The van der Waals surface area contributed by atoms with Gasteiger partial charge in [-0.15, -0.1) is 0 Å². The molecular formula is C8H3ClFN3O2. The zero-order valence-electron chi connectivity index (χ0n) is 7.15. The molecule has 0 fully saturated rings. The van der Waals surface area contributed by atoms with Gasteiger partial charge < -0.3 is 10.1 Å². The van der Waals surface area contributed by atoms with E-state index in [0.29, 0.717) is 5.52 Å². The van der Waals surface area contributed by atoms with Crippen LogP contribution < -0.4 is 0 Å². The van der Waals surface area contributed by atoms with Crippen molar-refractivity contribution >= 4 is 28.3 Å². The van der Waals surface area contributed by atoms with Crippen molar-refractivity contribution in [3.05, 3.63) is 39.2 Å². The number of aromatic nitrogens is 2. The molecule has 7 heteroatoms. The van der Waals surface area contributed by atoms with Crippen LogP contribution in [0.5, 0.6) is 0 Å². The van der Waals surface area contributed by atoms with Gasteiger partial charge in [0.1, 0.15) is 11.3 Å². The van der Waals surface area contributed by atoms with Gasteiger partial charge in [0, 0.05) is 5.39 Å². The minimum Gasteiger partial charge on any atom is -0.358 e. The van der Waals surface area contributed by atoms with Crippen LogP contribution in [0.1, 0.15) is 0 Å². The molecule has 1 aromatic heterocycles. The van der Waals surface area contributed by atoms with Crippen molar-refractivity contribution in [3.8, 4) is 0 Å². The van der Waals surface area contributed by atoms with Gasteiger partial charge in [0.05, 0.1) is 5.10 Å². The van der Waals surface area contributed by atoms with Crippen molar-refractivity contribution < 1.29 is 9.31 Å². The zero-order chi connectivity index (χ0) is 11.0. The van der Waals surface area contributed by atoms with Gasteiger partial charge in [0.2, 0.25) is 0 Å². The number of rotatable bonds is 1. The van der Waals surface area contributed by atoms with Crippen LogP contribution >= 0.6 is 11.6 Å². The molecule has 5 nitrogen and oxygen atoms in total. The third-order valence-corrected chi connectivity index (χ3v) is 2.19. The number of benzene rings is 1. The molecule has 1 aromatic carbocycles. The van der Waals surface area contributed by atoms with E-state index < -0.39 is 16.6 Å². The fraction of sp³-hybridized carbons (Fsp3) is 0. The van der Waals surface area contributed by atoms with Crippen molar-refractivity contribution in [2.24, 2.45) is 0 Å². The average Bonchev–Trinajstić information content (AvgIpc) is 2.19. The first kappa shape index (κ1) is 9.72. The molecule has 0 bridgehead atoms. The summed E-state index contributed by atoms with van der Waals surface area (Å²) < 4.78 is 12.9. The molecule has 0 saturated heterocycles. The van der Waals surface area contributed by atoms with E-state index in [1.807, 2.05) is 0 Å². The van der Waals surface area contributed by atoms with Gasteiger partial charge in [-0.1, -0.05) is 11.6 Å². The molecule has 0 aliphatic heterocycles. The minimum atomic E-state index is -0.764. The maximum Gasteiger partial charge on any atom is 0.410 e. The molecule has 0 radical (unpaired) electrons. The Hall–Kier alpha value is -1.82. The van der Waals surface area contributed by atoms with Gasteiger partial charge in [-0.3, -0.25) is 0 Å². The summed E-state index contributed by atoms with van der Waals surface area (Å²) in [4.78, 5) is 9.71. The fourth-order valence-corrected chi connectivity index (χ4v) is 1.41. The van der Waals surface area contributed by atoms with E-state index in [9.17, 15) is 14.5 Å². The molecule has 2 aromatic rings. The molecule has 1 heterocycles. The largest absolute Gasteiger partial charge is 0.410 e. The summed E-state index contributed by atoms with van der Waals surface area (Å²) in [7, 11) is 0. The van der Waals surface area contributed by atoms with E-state index in [1.54, 1.807) is 0 Å². The first-order valence-electron chi connectivity index (χ1n) is 3.85. The van der Waals surface area contributed by atoms with Crippen molar-refractivity contribution in [2.45, 2.75) is 0 Å². The molecule has 0 amide bonds. The first-order valence-corrected chi connectivity index (χ1v) is 4.23. The molecule has 0 unspecified atom stereocenters. The summed E-state index contributed by atoms with van der Waals surface area (Å²) in [5.41, 5.74) is 0.312. The van der Waals surface area contributed by atoms with Crippen LogP contribution in [-0.2, 0) is 0 Å². The van der Waals surface area contributed by atoms with Gasteiger partial charge in [0.25, 0.3) is 0 Å². The second-order valence-electron chi connectivity index (χ2n) is 2.76. The summed E-state index contributed by atoms with van der Waals surface area (Å²) in [5, 5.41) is 17.3. The summed E-state index contributed by atoms with van der Waals surface area (Å²) in [5.74, 6) is -1.11. The van der Waals surface area contributed by atoms with Crippen molar-refractivity contribution in [2.75, 3.05) is 0 Å². The number of hydrogen-bond acceptors (Lipinski definition) is 4. The molecule has 15 heavy (non-hydrogen) atoms. The monoisotopic (exact) mass is 227 g/mol. The highest BCUT2D eigenvalue weighted by Gasteiger charge is 2.18. The summed E-state index contributed by atoms with van der Waals surface area (Å²) >= 11 is 5.70. The molecule has 0 aliphatic carbocycles. The minimum absolute atomic E-state index is 0.179. The van der Waals surface area contributed by atoms with E-state index in [2.05, 4.69) is 10.2 Å². The van der Waals surface area contributed by atoms with Crippen molar-refractivity contribution in [3.63, 3.8) is 0 Å². The van der Waals surface area contributed by atoms with Crippen LogP contribution in [-0.4, -0.2) is 15.1 Å². The van der Waals surface area contributed by atoms with Crippen molar-refractivity contribution in [1.82, 2.24) is 10.2 Å². The van der Waals surface area contributed by atoms with Gasteiger partial charge >= 0.3 is 5.82 Å². The molecule has 0 spiro atoms. The molecule has 0 aliphatic rings. The van der Waals surface area contributed by atoms with E-state index in [4.69, 9.17) is 11.6 Å². The fourth-order valence-electron chi connectivity index (χ4n) is 1.15. The Labute approximate surface area is 87.6 Å². The quantitative estimate of drug-likeness (QED) is 0.554. The molecule has 2 rings (SSSR count). The van der Waals surface area contributed by atoms with Crippen LogP contribution in [0.4, 0.5) is 10.2 Å². The Kier molecular flexibility index (Phi) is 2.20. The Bertz CT molecular complexity index is 561. The maximum absolute atomic E-state index is 12.9. The lowest BCUT2D eigenvalue weighted by molar-refractivity contribution is -0.389. The second-order valence-corrected chi connectivity index (χ2v) is 3.13. The summed E-state index contributed by atoms with van der Waals surface area (Å²) in [6.45, 7) is 0. The zero-order valence-corrected chi connectivity index (χ0v) is 7.90. The van der Waals surface area contributed by atoms with Gasteiger partial charge in [-0.05, 0) is 28.2 Å². The van der Waals surface area contributed by atoms with Crippen LogP contribution in [0.25, 0.3) is 10.9 Å². The van der Waals surface area contributed by atoms with Crippen LogP contribution in [0.15, 0.2) is 18.2 Å². The maximum atomic E-state index is 12.9. The highest BCUT2D eigenvalue weighted by atomic mass is 35.5. The Morgan fingerprint density at radius 1 is 1.40 bits per heavy atom. The number of nitro groups is 1. The van der Waals surface area contributed by atoms with Gasteiger partial charge in [-0.2, -0.15) is 0 Å². The molecule has 0 saturated carbocycles. The highest BCUT2D eigenvalue weighted by Crippen LogP contribution is 2.28. The third-order valence-electron chi connectivity index (χ3n) is 1.82. The number of nitrogens with zero attached hydrogens (tertiary/aromatic N) is 3. The molecule has 76 valence electrons. The van der Waals surface area contributed by atoms with Gasteiger partial charge in [-0.25, -0.2) is 4.39 Å². The number of fused-ring (bicyclic) bond motifs is 1. The standard InChI is InChI=1S/C8H3ClFN3O2/c9-7-5-3-4(10)1-2-6(5)11-12-8(7)13(14)15/h1-3H. The number of halogens is 2. The normalized spacial score (nSPS) is 10.5. The van der Waals surface area contributed by atoms with E-state index in [1.165, 1.54) is 12.1 Å². The highest BCUT2D eigenvalue weighted by molar-refractivity contribution is 6.37. The topological polar surface area (TPSA) is 68.9 Å². The van der Waals surface area contributed by atoms with Crippen molar-refractivity contribution in [1.29, 1.82) is 0 Å². The smallest absolute Gasteiger partial charge is 0.358 e. The molecule has 0 atom stereocenters. The lowest BCUT2D eigenvalue weighted by Gasteiger charge is -1.98.